The van der Waals surface area contributed by atoms with E-state index in [1.807, 2.05) is 6.07 Å². The molecule has 0 aromatic heterocycles. The van der Waals surface area contributed by atoms with Gasteiger partial charge in [0.25, 0.3) is 0 Å². The summed E-state index contributed by atoms with van der Waals surface area (Å²) in [4.78, 5) is 13.3. The first-order chi connectivity index (χ1) is 9.86. The zero-order chi connectivity index (χ0) is 15.6. The predicted octanol–water partition coefficient (Wildman–Crippen LogP) is 0.307. The van der Waals surface area contributed by atoms with E-state index >= 15 is 0 Å². The first-order valence-corrected chi connectivity index (χ1v) is 8.35. The van der Waals surface area contributed by atoms with Crippen LogP contribution in [0, 0.1) is 6.92 Å². The highest BCUT2D eigenvalue weighted by Gasteiger charge is 2.30. The molecule has 1 aromatic carbocycles. The van der Waals surface area contributed by atoms with Crippen molar-refractivity contribution in [3.63, 3.8) is 0 Å². The van der Waals surface area contributed by atoms with Gasteiger partial charge in [0.15, 0.2) is 0 Å². The maximum Gasteiger partial charge on any atom is 0.243 e. The van der Waals surface area contributed by atoms with Crippen LogP contribution in [0.5, 0.6) is 0 Å². The molecule has 6 nitrogen and oxygen atoms in total. The van der Waals surface area contributed by atoms with Gasteiger partial charge in [-0.15, -0.1) is 0 Å². The van der Waals surface area contributed by atoms with E-state index in [0.29, 0.717) is 43.2 Å². The molecule has 2 N–H and O–H groups in total. The second kappa shape index (κ2) is 6.13. The lowest BCUT2D eigenvalue weighted by Gasteiger charge is -2.33. The molecule has 1 aliphatic heterocycles. The Morgan fingerprint density at radius 3 is 2.38 bits per heavy atom. The highest BCUT2D eigenvalue weighted by Crippen LogP contribution is 2.22. The van der Waals surface area contributed by atoms with Crippen molar-refractivity contribution in [3.05, 3.63) is 29.3 Å². The molecule has 0 spiro atoms. The Bertz CT molecular complexity index is 635. The molecule has 1 fully saturated rings. The van der Waals surface area contributed by atoms with Crippen molar-refractivity contribution < 1.29 is 13.2 Å². The lowest BCUT2D eigenvalue weighted by atomic mass is 10.1. The molecular formula is C14H21N3O3S. The normalized spacial score (nSPS) is 17.0. The van der Waals surface area contributed by atoms with Gasteiger partial charge >= 0.3 is 0 Å². The molecule has 1 aliphatic rings. The average Bonchev–Trinajstić information content (AvgIpc) is 2.47. The van der Waals surface area contributed by atoms with Crippen LogP contribution < -0.4 is 5.73 Å². The standard InChI is InChI=1S/C14H21N3O3S/c1-11-3-4-13(10-15)9-14(11)21(19,20)17-7-5-16(6-8-17)12(2)18/h3-4,9H,5-8,10,15H2,1-2H3. The average molecular weight is 311 g/mol. The lowest BCUT2D eigenvalue weighted by molar-refractivity contribution is -0.129. The molecule has 7 heteroatoms. The number of carbonyl (C=O) groups excluding carboxylic acids is 1. The van der Waals surface area contributed by atoms with Gasteiger partial charge in [-0.25, -0.2) is 8.42 Å². The third kappa shape index (κ3) is 3.25. The van der Waals surface area contributed by atoms with E-state index in [1.54, 1.807) is 24.0 Å². The Morgan fingerprint density at radius 1 is 1.24 bits per heavy atom. The maximum atomic E-state index is 12.7. The number of sulfonamides is 1. The van der Waals surface area contributed by atoms with Crippen molar-refractivity contribution >= 4 is 15.9 Å². The van der Waals surface area contributed by atoms with Gasteiger partial charge in [-0.2, -0.15) is 4.31 Å². The monoisotopic (exact) mass is 311 g/mol. The first-order valence-electron chi connectivity index (χ1n) is 6.91. The van der Waals surface area contributed by atoms with Gasteiger partial charge in [0.2, 0.25) is 15.9 Å². The summed E-state index contributed by atoms with van der Waals surface area (Å²) in [6.45, 7) is 5.11. The summed E-state index contributed by atoms with van der Waals surface area (Å²) >= 11 is 0. The second-order valence-electron chi connectivity index (χ2n) is 5.21. The lowest BCUT2D eigenvalue weighted by Crippen LogP contribution is -2.50. The highest BCUT2D eigenvalue weighted by molar-refractivity contribution is 7.89. The quantitative estimate of drug-likeness (QED) is 0.870. The van der Waals surface area contributed by atoms with Crippen LogP contribution in [-0.4, -0.2) is 49.7 Å². The molecule has 1 amide bonds. The van der Waals surface area contributed by atoms with Gasteiger partial charge in [0.1, 0.15) is 0 Å². The minimum atomic E-state index is -3.53. The van der Waals surface area contributed by atoms with Crippen molar-refractivity contribution in [1.29, 1.82) is 0 Å². The summed E-state index contributed by atoms with van der Waals surface area (Å²) in [6.07, 6.45) is 0. The van der Waals surface area contributed by atoms with Crippen molar-refractivity contribution in [1.82, 2.24) is 9.21 Å². The van der Waals surface area contributed by atoms with Crippen LogP contribution in [0.15, 0.2) is 23.1 Å². The van der Waals surface area contributed by atoms with Crippen LogP contribution in [0.1, 0.15) is 18.1 Å². The van der Waals surface area contributed by atoms with Gasteiger partial charge in [-0.05, 0) is 24.1 Å². The molecule has 0 bridgehead atoms. The number of piperazine rings is 1. The third-order valence-electron chi connectivity index (χ3n) is 3.79. The molecule has 0 atom stereocenters. The number of nitrogens with two attached hydrogens (primary N) is 1. The predicted molar refractivity (Wildman–Crippen MR) is 80.1 cm³/mol. The molecule has 2 rings (SSSR count). The molecular weight excluding hydrogens is 290 g/mol. The minimum Gasteiger partial charge on any atom is -0.340 e. The maximum absolute atomic E-state index is 12.7. The van der Waals surface area contributed by atoms with E-state index in [0.717, 1.165) is 5.56 Å². The Hall–Kier alpha value is -1.44. The third-order valence-corrected chi connectivity index (χ3v) is 5.83. The fourth-order valence-corrected chi connectivity index (χ4v) is 4.13. The molecule has 0 saturated carbocycles. The topological polar surface area (TPSA) is 83.7 Å². The number of benzene rings is 1. The first kappa shape index (κ1) is 15.9. The Morgan fingerprint density at radius 2 is 1.86 bits per heavy atom. The number of hydrogen-bond donors (Lipinski definition) is 1. The van der Waals surface area contributed by atoms with Crippen LogP contribution >= 0.6 is 0 Å². The van der Waals surface area contributed by atoms with Crippen LogP contribution in [0.3, 0.4) is 0 Å². The SMILES string of the molecule is CC(=O)N1CCN(S(=O)(=O)c2cc(CN)ccc2C)CC1. The van der Waals surface area contributed by atoms with E-state index in [1.165, 1.54) is 11.2 Å². The zero-order valence-corrected chi connectivity index (χ0v) is 13.2. The van der Waals surface area contributed by atoms with Gasteiger partial charge in [-0.1, -0.05) is 12.1 Å². The molecule has 1 saturated heterocycles. The van der Waals surface area contributed by atoms with E-state index in [-0.39, 0.29) is 5.91 Å². The molecule has 116 valence electrons. The number of amides is 1. The van der Waals surface area contributed by atoms with E-state index in [2.05, 4.69) is 0 Å². The molecule has 21 heavy (non-hydrogen) atoms. The highest BCUT2D eigenvalue weighted by atomic mass is 32.2. The number of hydrogen-bond acceptors (Lipinski definition) is 4. The molecule has 0 radical (unpaired) electrons. The van der Waals surface area contributed by atoms with Gasteiger partial charge < -0.3 is 10.6 Å². The number of nitrogens with zero attached hydrogens (tertiary/aromatic N) is 2. The number of carbonyl (C=O) groups is 1. The summed E-state index contributed by atoms with van der Waals surface area (Å²) in [5.74, 6) is -0.0200. The molecule has 1 aromatic rings. The summed E-state index contributed by atoms with van der Waals surface area (Å²) in [5, 5.41) is 0. The molecule has 0 aliphatic carbocycles. The van der Waals surface area contributed by atoms with Crippen molar-refractivity contribution in [2.45, 2.75) is 25.3 Å². The van der Waals surface area contributed by atoms with Crippen molar-refractivity contribution in [2.24, 2.45) is 5.73 Å². The number of aryl methyl sites for hydroxylation is 1. The largest absolute Gasteiger partial charge is 0.340 e. The van der Waals surface area contributed by atoms with Crippen LogP contribution in [0.2, 0.25) is 0 Å². The summed E-state index contributed by atoms with van der Waals surface area (Å²) in [5.41, 5.74) is 7.09. The Labute approximate surface area is 125 Å². The van der Waals surface area contributed by atoms with E-state index < -0.39 is 10.0 Å². The molecule has 0 unspecified atom stereocenters. The summed E-state index contributed by atoms with van der Waals surface area (Å²) < 4.78 is 26.9. The fourth-order valence-electron chi connectivity index (χ4n) is 2.43. The zero-order valence-electron chi connectivity index (χ0n) is 12.4. The Kier molecular flexibility index (Phi) is 4.65. The number of rotatable bonds is 3. The summed E-state index contributed by atoms with van der Waals surface area (Å²) in [7, 11) is -3.53. The Balaban J connectivity index is 2.25. The minimum absolute atomic E-state index is 0.0200. The van der Waals surface area contributed by atoms with Crippen LogP contribution in [0.4, 0.5) is 0 Å². The van der Waals surface area contributed by atoms with Gasteiger partial charge in [-0.3, -0.25) is 4.79 Å². The fraction of sp³-hybridized carbons (Fsp3) is 0.500. The smallest absolute Gasteiger partial charge is 0.243 e. The van der Waals surface area contributed by atoms with E-state index in [9.17, 15) is 13.2 Å². The van der Waals surface area contributed by atoms with Gasteiger partial charge in [0.05, 0.1) is 4.90 Å². The van der Waals surface area contributed by atoms with Crippen LogP contribution in [0.25, 0.3) is 0 Å². The van der Waals surface area contributed by atoms with E-state index in [4.69, 9.17) is 5.73 Å². The van der Waals surface area contributed by atoms with Gasteiger partial charge in [0, 0.05) is 39.6 Å². The second-order valence-corrected chi connectivity index (χ2v) is 7.12. The van der Waals surface area contributed by atoms with Crippen LogP contribution in [-0.2, 0) is 21.4 Å². The summed E-state index contributed by atoms with van der Waals surface area (Å²) in [6, 6.07) is 5.25. The van der Waals surface area contributed by atoms with Crippen molar-refractivity contribution in [3.8, 4) is 0 Å². The molecule has 1 heterocycles. The van der Waals surface area contributed by atoms with Crippen molar-refractivity contribution in [2.75, 3.05) is 26.2 Å².